The normalized spacial score (nSPS) is 16.9. The molecule has 0 saturated carbocycles. The summed E-state index contributed by atoms with van der Waals surface area (Å²) < 4.78 is 0. The maximum atomic E-state index is 12.4. The molecule has 1 amide bonds. The van der Waals surface area contributed by atoms with Crippen molar-refractivity contribution in [2.24, 2.45) is 5.73 Å². The molecule has 1 aliphatic heterocycles. The van der Waals surface area contributed by atoms with Gasteiger partial charge in [0.25, 0.3) is 5.91 Å². The Kier molecular flexibility index (Phi) is 5.64. The lowest BCUT2D eigenvalue weighted by Gasteiger charge is -2.32. The van der Waals surface area contributed by atoms with Crippen LogP contribution in [0.15, 0.2) is 6.07 Å². The van der Waals surface area contributed by atoms with Crippen molar-refractivity contribution in [3.8, 4) is 0 Å². The Labute approximate surface area is 126 Å². The van der Waals surface area contributed by atoms with E-state index >= 15 is 0 Å². The number of nitrogens with two attached hydrogens (primary N) is 1. The van der Waals surface area contributed by atoms with Gasteiger partial charge >= 0.3 is 0 Å². The molecule has 6 nitrogen and oxygen atoms in total. The molecule has 3 N–H and O–H groups in total. The topological polar surface area (TPSA) is 84.1 Å². The number of carbonyl (C=O) groups is 1. The Balaban J connectivity index is 1.95. The van der Waals surface area contributed by atoms with Crippen LogP contribution >= 0.6 is 0 Å². The summed E-state index contributed by atoms with van der Waals surface area (Å²) in [5.74, 6) is -0.0258. The van der Waals surface area contributed by atoms with Crippen LogP contribution in [0, 0.1) is 6.92 Å². The fraction of sp³-hybridized carbons (Fsp3) is 0.667. The highest BCUT2D eigenvalue weighted by Gasteiger charge is 2.22. The van der Waals surface area contributed by atoms with E-state index in [2.05, 4.69) is 20.4 Å². The minimum Gasteiger partial charge on any atom is -0.349 e. The van der Waals surface area contributed by atoms with Crippen molar-refractivity contribution in [2.45, 2.75) is 39.2 Å². The van der Waals surface area contributed by atoms with E-state index in [4.69, 9.17) is 5.73 Å². The van der Waals surface area contributed by atoms with Crippen LogP contribution in [0.2, 0.25) is 0 Å². The molecule has 1 aromatic rings. The van der Waals surface area contributed by atoms with Gasteiger partial charge in [0, 0.05) is 32.2 Å². The second-order valence-electron chi connectivity index (χ2n) is 5.58. The highest BCUT2D eigenvalue weighted by molar-refractivity contribution is 5.95. The molecule has 0 aliphatic carbocycles. The lowest BCUT2D eigenvalue weighted by Crippen LogP contribution is -2.46. The molecule has 2 rings (SSSR count). The average molecular weight is 291 g/mol. The second-order valence-corrected chi connectivity index (χ2v) is 5.58. The first-order valence-corrected chi connectivity index (χ1v) is 7.70. The summed E-state index contributed by atoms with van der Waals surface area (Å²) in [6.07, 6.45) is 2.67. The van der Waals surface area contributed by atoms with Crippen LogP contribution in [0.5, 0.6) is 0 Å². The number of hydrogen-bond acceptors (Lipinski definition) is 5. The van der Waals surface area contributed by atoms with E-state index in [1.54, 1.807) is 0 Å². The number of carbonyl (C=O) groups excluding carboxylic acids is 1. The SMILES string of the molecule is CCc1nnc(C)cc1C(=O)NC1CCN(CCN)CC1. The minimum atomic E-state index is -0.0258. The van der Waals surface area contributed by atoms with Gasteiger partial charge in [0.2, 0.25) is 0 Å². The molecule has 21 heavy (non-hydrogen) atoms. The number of aromatic nitrogens is 2. The number of nitrogens with one attached hydrogen (secondary N) is 1. The molecule has 0 bridgehead atoms. The van der Waals surface area contributed by atoms with Gasteiger partial charge in [-0.3, -0.25) is 4.79 Å². The molecule has 0 spiro atoms. The summed E-state index contributed by atoms with van der Waals surface area (Å²) in [4.78, 5) is 14.8. The number of rotatable bonds is 5. The highest BCUT2D eigenvalue weighted by atomic mass is 16.1. The molecule has 1 saturated heterocycles. The van der Waals surface area contributed by atoms with Crippen molar-refractivity contribution in [1.82, 2.24) is 20.4 Å². The first-order valence-electron chi connectivity index (χ1n) is 7.70. The third-order valence-electron chi connectivity index (χ3n) is 3.94. The number of hydrogen-bond donors (Lipinski definition) is 2. The molecule has 1 aliphatic rings. The largest absolute Gasteiger partial charge is 0.349 e. The number of likely N-dealkylation sites (tertiary alicyclic amines) is 1. The van der Waals surface area contributed by atoms with Crippen LogP contribution in [0.1, 0.15) is 41.5 Å². The first kappa shape index (κ1) is 15.9. The van der Waals surface area contributed by atoms with Gasteiger partial charge < -0.3 is 16.0 Å². The van der Waals surface area contributed by atoms with Gasteiger partial charge in [-0.1, -0.05) is 6.92 Å². The number of aryl methyl sites for hydroxylation is 2. The Morgan fingerprint density at radius 1 is 1.43 bits per heavy atom. The molecule has 6 heteroatoms. The third kappa shape index (κ3) is 4.22. The van der Waals surface area contributed by atoms with Gasteiger partial charge in [0.1, 0.15) is 0 Å². The quantitative estimate of drug-likeness (QED) is 0.825. The van der Waals surface area contributed by atoms with E-state index < -0.39 is 0 Å². The van der Waals surface area contributed by atoms with Crippen molar-refractivity contribution >= 4 is 5.91 Å². The van der Waals surface area contributed by atoms with E-state index in [1.807, 2.05) is 19.9 Å². The Bertz CT molecular complexity index is 483. The summed E-state index contributed by atoms with van der Waals surface area (Å²) in [5.41, 5.74) is 7.77. The zero-order valence-electron chi connectivity index (χ0n) is 12.9. The van der Waals surface area contributed by atoms with E-state index in [0.29, 0.717) is 18.5 Å². The number of amides is 1. The van der Waals surface area contributed by atoms with Gasteiger partial charge in [-0.05, 0) is 32.3 Å². The molecule has 1 aromatic heterocycles. The van der Waals surface area contributed by atoms with Crippen molar-refractivity contribution in [3.05, 3.63) is 23.0 Å². The van der Waals surface area contributed by atoms with Crippen LogP contribution in [0.4, 0.5) is 0 Å². The predicted molar refractivity (Wildman–Crippen MR) is 82.1 cm³/mol. The van der Waals surface area contributed by atoms with Crippen LogP contribution in [0.25, 0.3) is 0 Å². The molecule has 0 atom stereocenters. The van der Waals surface area contributed by atoms with E-state index in [1.165, 1.54) is 0 Å². The monoisotopic (exact) mass is 291 g/mol. The molecular weight excluding hydrogens is 266 g/mol. The summed E-state index contributed by atoms with van der Waals surface area (Å²) in [5, 5.41) is 11.3. The lowest BCUT2D eigenvalue weighted by atomic mass is 10.0. The third-order valence-corrected chi connectivity index (χ3v) is 3.94. The molecule has 2 heterocycles. The molecule has 1 fully saturated rings. The highest BCUT2D eigenvalue weighted by Crippen LogP contribution is 2.12. The maximum Gasteiger partial charge on any atom is 0.253 e. The van der Waals surface area contributed by atoms with Crippen LogP contribution in [-0.4, -0.2) is 53.2 Å². The Morgan fingerprint density at radius 3 is 2.76 bits per heavy atom. The molecular formula is C15H25N5O. The molecule has 0 unspecified atom stereocenters. The molecule has 0 radical (unpaired) electrons. The zero-order valence-corrected chi connectivity index (χ0v) is 12.9. The van der Waals surface area contributed by atoms with Gasteiger partial charge in [0.05, 0.1) is 17.0 Å². The fourth-order valence-electron chi connectivity index (χ4n) is 2.72. The summed E-state index contributed by atoms with van der Waals surface area (Å²) >= 11 is 0. The zero-order chi connectivity index (χ0) is 15.2. The van der Waals surface area contributed by atoms with Gasteiger partial charge in [-0.15, -0.1) is 0 Å². The van der Waals surface area contributed by atoms with Gasteiger partial charge in [-0.25, -0.2) is 0 Å². The predicted octanol–water partition coefficient (Wildman–Crippen LogP) is 0.500. The van der Waals surface area contributed by atoms with E-state index in [-0.39, 0.29) is 11.9 Å². The summed E-state index contributed by atoms with van der Waals surface area (Å²) in [7, 11) is 0. The van der Waals surface area contributed by atoms with Crippen molar-refractivity contribution in [2.75, 3.05) is 26.2 Å². The smallest absolute Gasteiger partial charge is 0.253 e. The second kappa shape index (κ2) is 7.47. The minimum absolute atomic E-state index is 0.0258. The number of nitrogens with zero attached hydrogens (tertiary/aromatic N) is 3. The molecule has 0 aromatic carbocycles. The fourth-order valence-corrected chi connectivity index (χ4v) is 2.72. The maximum absolute atomic E-state index is 12.4. The molecule has 116 valence electrons. The first-order chi connectivity index (χ1) is 10.1. The van der Waals surface area contributed by atoms with Crippen molar-refractivity contribution in [3.63, 3.8) is 0 Å². The summed E-state index contributed by atoms with van der Waals surface area (Å²) in [6.45, 7) is 7.47. The lowest BCUT2D eigenvalue weighted by molar-refractivity contribution is 0.0910. The number of piperidine rings is 1. The van der Waals surface area contributed by atoms with Crippen molar-refractivity contribution in [1.29, 1.82) is 0 Å². The Morgan fingerprint density at radius 2 is 2.14 bits per heavy atom. The average Bonchev–Trinajstić information content (AvgIpc) is 2.49. The van der Waals surface area contributed by atoms with Crippen LogP contribution in [0.3, 0.4) is 0 Å². The van der Waals surface area contributed by atoms with E-state index in [9.17, 15) is 4.79 Å². The van der Waals surface area contributed by atoms with Gasteiger partial charge in [-0.2, -0.15) is 10.2 Å². The summed E-state index contributed by atoms with van der Waals surface area (Å²) in [6, 6.07) is 2.06. The standard InChI is InChI=1S/C15H25N5O/c1-3-14-13(10-11(2)18-19-14)15(21)17-12-4-7-20(8-5-12)9-6-16/h10,12H,3-9,16H2,1-2H3,(H,17,21). The Hall–Kier alpha value is -1.53. The van der Waals surface area contributed by atoms with Crippen molar-refractivity contribution < 1.29 is 4.79 Å². The van der Waals surface area contributed by atoms with E-state index in [0.717, 1.165) is 43.9 Å². The van der Waals surface area contributed by atoms with Gasteiger partial charge in [0.15, 0.2) is 0 Å². The van der Waals surface area contributed by atoms with Crippen LogP contribution < -0.4 is 11.1 Å². The van der Waals surface area contributed by atoms with Crippen LogP contribution in [-0.2, 0) is 6.42 Å².